The van der Waals surface area contributed by atoms with E-state index in [9.17, 15) is 8.42 Å². The van der Waals surface area contributed by atoms with Crippen LogP contribution in [0.3, 0.4) is 0 Å². The van der Waals surface area contributed by atoms with E-state index in [0.29, 0.717) is 23.5 Å². The fourth-order valence-electron chi connectivity index (χ4n) is 6.79. The Morgan fingerprint density at radius 1 is 0.727 bits per heavy atom. The second-order valence-electron chi connectivity index (χ2n) is 15.6. The van der Waals surface area contributed by atoms with Crippen molar-refractivity contribution in [2.75, 3.05) is 0 Å². The summed E-state index contributed by atoms with van der Waals surface area (Å²) in [6.45, 7) is 19.1. The first-order chi connectivity index (χ1) is 20.4. The molecule has 4 heterocycles. The number of sulfone groups is 1. The number of ether oxygens (including phenoxy) is 4. The monoisotopic (exact) mass is 628 g/mol. The van der Waals surface area contributed by atoms with E-state index in [-0.39, 0.29) is 34.6 Å². The zero-order chi connectivity index (χ0) is 32.1. The maximum absolute atomic E-state index is 13.9. The summed E-state index contributed by atoms with van der Waals surface area (Å²) in [6, 6.07) is 7.24. The van der Waals surface area contributed by atoms with Crippen LogP contribution in [0.4, 0.5) is 0 Å². The molecular weight excluding hydrogens is 572 g/mol. The minimum Gasteiger partial charge on any atom is -0.367 e. The van der Waals surface area contributed by atoms with Gasteiger partial charge >= 0.3 is 0 Å². The third-order valence-corrected chi connectivity index (χ3v) is 12.8. The van der Waals surface area contributed by atoms with Crippen LogP contribution in [0.25, 0.3) is 0 Å². The van der Waals surface area contributed by atoms with E-state index >= 15 is 0 Å². The van der Waals surface area contributed by atoms with Crippen LogP contribution in [0.15, 0.2) is 52.5 Å². The topological polar surface area (TPSA) is 84.3 Å². The molecular formula is C37H56O6S. The first-order valence-electron chi connectivity index (χ1n) is 16.8. The summed E-state index contributed by atoms with van der Waals surface area (Å²) in [7, 11) is -3.54. The highest BCUT2D eigenvalue weighted by Gasteiger charge is 2.55. The fourth-order valence-corrected chi connectivity index (χ4v) is 8.41. The van der Waals surface area contributed by atoms with Gasteiger partial charge in [-0.05, 0) is 132 Å². The summed E-state index contributed by atoms with van der Waals surface area (Å²) in [5, 5.41) is -0.606. The molecule has 4 aliphatic rings. The molecule has 44 heavy (non-hydrogen) atoms. The van der Waals surface area contributed by atoms with Gasteiger partial charge in [0.15, 0.2) is 9.84 Å². The standard InChI is InChI=1S/C37H56O6S/c1-25-10-15-28(16-11-25)44(38,39)29(24-27(3)14-19-33-37(9,43-33)23-21-31-35(6,7)41-31)17-12-26(2)13-18-32-36(8,42-32)22-20-30-34(4,5)40-30/h10-12,15-16,24,29-33H,13-14,17-23H2,1-9H3/b26-12+,27-24+/t29?,30-,31-,32-,33-,36-,37-/m1/s1. The molecule has 0 bridgehead atoms. The number of epoxide rings is 4. The molecule has 0 aromatic heterocycles. The zero-order valence-corrected chi connectivity index (χ0v) is 29.4. The number of hydrogen-bond acceptors (Lipinski definition) is 6. The van der Waals surface area contributed by atoms with E-state index in [1.165, 1.54) is 5.57 Å². The Hall–Kier alpha value is -1.51. The second kappa shape index (κ2) is 12.3. The van der Waals surface area contributed by atoms with Crippen LogP contribution in [0.5, 0.6) is 0 Å². The lowest BCUT2D eigenvalue weighted by Crippen LogP contribution is -2.19. The lowest BCUT2D eigenvalue weighted by atomic mass is 9.94. The Labute approximate surface area is 266 Å². The largest absolute Gasteiger partial charge is 0.367 e. The molecule has 4 fully saturated rings. The molecule has 1 aromatic carbocycles. The van der Waals surface area contributed by atoms with E-state index in [4.69, 9.17) is 18.9 Å². The highest BCUT2D eigenvalue weighted by Crippen LogP contribution is 2.48. The van der Waals surface area contributed by atoms with Crippen LogP contribution < -0.4 is 0 Å². The second-order valence-corrected chi connectivity index (χ2v) is 17.8. The molecule has 0 amide bonds. The van der Waals surface area contributed by atoms with Gasteiger partial charge < -0.3 is 18.9 Å². The van der Waals surface area contributed by atoms with E-state index in [1.807, 2.05) is 25.1 Å². The Morgan fingerprint density at radius 2 is 1.18 bits per heavy atom. The number of aryl methyl sites for hydroxylation is 1. The van der Waals surface area contributed by atoms with Crippen molar-refractivity contribution in [3.8, 4) is 0 Å². The van der Waals surface area contributed by atoms with Gasteiger partial charge in [0, 0.05) is 0 Å². The lowest BCUT2D eigenvalue weighted by Gasteiger charge is -2.15. The number of allylic oxidation sites excluding steroid dienone is 3. The highest BCUT2D eigenvalue weighted by molar-refractivity contribution is 7.92. The molecule has 7 heteroatoms. The van der Waals surface area contributed by atoms with Gasteiger partial charge in [-0.1, -0.05) is 41.0 Å². The molecule has 4 saturated heterocycles. The zero-order valence-electron chi connectivity index (χ0n) is 28.6. The molecule has 4 aliphatic heterocycles. The van der Waals surface area contributed by atoms with E-state index in [2.05, 4.69) is 61.5 Å². The van der Waals surface area contributed by atoms with Crippen LogP contribution in [-0.2, 0) is 28.8 Å². The van der Waals surface area contributed by atoms with Gasteiger partial charge in [-0.15, -0.1) is 0 Å². The highest BCUT2D eigenvalue weighted by atomic mass is 32.2. The summed E-state index contributed by atoms with van der Waals surface area (Å²) in [4.78, 5) is 0.386. The Morgan fingerprint density at radius 3 is 1.64 bits per heavy atom. The molecule has 0 spiro atoms. The lowest BCUT2D eigenvalue weighted by molar-refractivity contribution is 0.274. The van der Waals surface area contributed by atoms with Gasteiger partial charge in [-0.2, -0.15) is 0 Å². The third-order valence-electron chi connectivity index (χ3n) is 10.7. The van der Waals surface area contributed by atoms with Gasteiger partial charge in [0.25, 0.3) is 0 Å². The quantitative estimate of drug-likeness (QED) is 0.128. The molecule has 246 valence electrons. The van der Waals surface area contributed by atoms with Crippen LogP contribution in [-0.4, -0.2) is 60.5 Å². The van der Waals surface area contributed by atoms with Crippen molar-refractivity contribution in [1.29, 1.82) is 0 Å². The van der Waals surface area contributed by atoms with Crippen LogP contribution in [0.1, 0.15) is 119 Å². The van der Waals surface area contributed by atoms with Crippen LogP contribution in [0.2, 0.25) is 0 Å². The first kappa shape index (κ1) is 33.8. The molecule has 0 aliphatic carbocycles. The van der Waals surface area contributed by atoms with Crippen molar-refractivity contribution >= 4 is 9.84 Å². The van der Waals surface area contributed by atoms with Crippen molar-refractivity contribution in [3.05, 3.63) is 53.1 Å². The van der Waals surface area contributed by atoms with E-state index in [0.717, 1.165) is 62.5 Å². The maximum Gasteiger partial charge on any atom is 0.185 e. The molecule has 1 unspecified atom stereocenters. The summed E-state index contributed by atoms with van der Waals surface area (Å²) in [6.07, 6.45) is 13.5. The minimum atomic E-state index is -3.54. The average Bonchev–Trinajstić information content (AvgIpc) is 3.90. The number of hydrogen-bond donors (Lipinski definition) is 0. The average molecular weight is 629 g/mol. The minimum absolute atomic E-state index is 0.0140. The van der Waals surface area contributed by atoms with Crippen LogP contribution >= 0.6 is 0 Å². The SMILES string of the molecule is C/C(=C\CC(/C=C(\C)CC[C@H]1O[C@]1(C)CC[C@H]1OC1(C)C)S(=O)(=O)c1ccc(C)cc1)CC[C@H]1O[C@]1(C)CC[C@H]1OC1(C)C. The molecule has 0 radical (unpaired) electrons. The Balaban J connectivity index is 1.15. The molecule has 5 rings (SSSR count). The third kappa shape index (κ3) is 8.25. The maximum atomic E-state index is 13.9. The van der Waals surface area contributed by atoms with Gasteiger partial charge in [0.05, 0.1) is 57.0 Å². The Kier molecular flexibility index (Phi) is 9.43. The summed E-state index contributed by atoms with van der Waals surface area (Å²) >= 11 is 0. The van der Waals surface area contributed by atoms with Crippen LogP contribution in [0, 0.1) is 6.92 Å². The molecule has 0 N–H and O–H groups in total. The van der Waals surface area contributed by atoms with Gasteiger partial charge in [-0.25, -0.2) is 8.42 Å². The molecule has 7 atom stereocenters. The van der Waals surface area contributed by atoms with Gasteiger partial charge in [0.1, 0.15) is 0 Å². The number of rotatable bonds is 17. The predicted molar refractivity (Wildman–Crippen MR) is 176 cm³/mol. The van der Waals surface area contributed by atoms with E-state index < -0.39 is 15.1 Å². The number of benzene rings is 1. The van der Waals surface area contributed by atoms with Gasteiger partial charge in [0.2, 0.25) is 0 Å². The molecule has 1 aromatic rings. The molecule has 6 nitrogen and oxygen atoms in total. The van der Waals surface area contributed by atoms with Crippen molar-refractivity contribution < 1.29 is 27.4 Å². The smallest absolute Gasteiger partial charge is 0.185 e. The van der Waals surface area contributed by atoms with Crippen molar-refractivity contribution in [2.45, 2.75) is 177 Å². The summed E-state index contributed by atoms with van der Waals surface area (Å²) in [5.74, 6) is 0. The summed E-state index contributed by atoms with van der Waals surface area (Å²) < 4.78 is 51.4. The Bertz CT molecular complexity index is 1360. The van der Waals surface area contributed by atoms with Gasteiger partial charge in [-0.3, -0.25) is 0 Å². The fraction of sp³-hybridized carbons (Fsp3) is 0.730. The predicted octanol–water partition coefficient (Wildman–Crippen LogP) is 8.21. The van der Waals surface area contributed by atoms with Crippen molar-refractivity contribution in [1.82, 2.24) is 0 Å². The van der Waals surface area contributed by atoms with E-state index in [1.54, 1.807) is 12.1 Å². The normalized spacial score (nSPS) is 34.5. The van der Waals surface area contributed by atoms with Crippen molar-refractivity contribution in [3.63, 3.8) is 0 Å². The molecule has 0 saturated carbocycles. The van der Waals surface area contributed by atoms with Crippen molar-refractivity contribution in [2.24, 2.45) is 0 Å². The summed E-state index contributed by atoms with van der Waals surface area (Å²) in [5.41, 5.74) is 3.27. The first-order valence-corrected chi connectivity index (χ1v) is 18.3.